The molecule has 7 nitrogen and oxygen atoms in total. The second-order valence-electron chi connectivity index (χ2n) is 7.57. The monoisotopic (exact) mass is 409 g/mol. The molecule has 2 atom stereocenters. The first-order chi connectivity index (χ1) is 13.4. The van der Waals surface area contributed by atoms with Crippen LogP contribution in [0.25, 0.3) is 0 Å². The maximum absolute atomic E-state index is 13.1. The van der Waals surface area contributed by atoms with Crippen LogP contribution in [0.15, 0.2) is 18.2 Å². The molecule has 9 heteroatoms. The normalized spacial score (nSPS) is 25.1. The Bertz CT molecular complexity index is 814. The first-order valence-corrected chi connectivity index (χ1v) is 9.71. The van der Waals surface area contributed by atoms with Crippen LogP contribution in [0.1, 0.15) is 23.2 Å². The number of carbonyl (C=O) groups is 3. The molecule has 0 aliphatic carbocycles. The Morgan fingerprint density at radius 2 is 2.00 bits per heavy atom. The summed E-state index contributed by atoms with van der Waals surface area (Å²) in [6.45, 7) is 2.12. The van der Waals surface area contributed by atoms with Gasteiger partial charge in [0, 0.05) is 38.5 Å². The lowest BCUT2D eigenvalue weighted by molar-refractivity contribution is -0.140. The van der Waals surface area contributed by atoms with Crippen LogP contribution < -0.4 is 5.32 Å². The number of hydrogen-bond donors (Lipinski definition) is 1. The van der Waals surface area contributed by atoms with E-state index in [1.807, 2.05) is 0 Å². The van der Waals surface area contributed by atoms with E-state index in [2.05, 4.69) is 5.32 Å². The number of hydrogen-bond acceptors (Lipinski definition) is 4. The number of urea groups is 1. The highest BCUT2D eigenvalue weighted by molar-refractivity contribution is 6.33. The molecule has 3 heterocycles. The summed E-state index contributed by atoms with van der Waals surface area (Å²) in [6.07, 6.45) is 1.26. The van der Waals surface area contributed by atoms with Crippen molar-refractivity contribution in [2.45, 2.75) is 25.0 Å². The zero-order chi connectivity index (χ0) is 19.8. The van der Waals surface area contributed by atoms with Gasteiger partial charge in [-0.1, -0.05) is 11.6 Å². The SMILES string of the molecule is O=C1CO[C@H]2CCN(C(=O)N3CC(NC(=O)c4ccc(F)cc4Cl)C3)C[C@H]2C1. The summed E-state index contributed by atoms with van der Waals surface area (Å²) in [5.74, 6) is -0.741. The van der Waals surface area contributed by atoms with Gasteiger partial charge in [0.05, 0.1) is 22.7 Å². The third-order valence-corrected chi connectivity index (χ3v) is 5.86. The first kappa shape index (κ1) is 19.1. The molecule has 0 bridgehead atoms. The Hall–Kier alpha value is -2.19. The van der Waals surface area contributed by atoms with Gasteiger partial charge in [-0.05, 0) is 24.6 Å². The number of likely N-dealkylation sites (tertiary alicyclic amines) is 2. The molecule has 0 radical (unpaired) electrons. The number of halogens is 2. The van der Waals surface area contributed by atoms with Crippen molar-refractivity contribution in [3.05, 3.63) is 34.6 Å². The summed E-state index contributed by atoms with van der Waals surface area (Å²) in [5, 5.41) is 2.86. The number of ether oxygens (including phenoxy) is 1. The van der Waals surface area contributed by atoms with Gasteiger partial charge in [0.1, 0.15) is 12.4 Å². The zero-order valence-corrected chi connectivity index (χ0v) is 16.0. The topological polar surface area (TPSA) is 79.0 Å². The van der Waals surface area contributed by atoms with Gasteiger partial charge in [0.25, 0.3) is 5.91 Å². The Morgan fingerprint density at radius 1 is 1.21 bits per heavy atom. The predicted molar refractivity (Wildman–Crippen MR) is 98.7 cm³/mol. The van der Waals surface area contributed by atoms with Crippen molar-refractivity contribution in [2.24, 2.45) is 5.92 Å². The lowest BCUT2D eigenvalue weighted by Crippen LogP contribution is -2.64. The fourth-order valence-corrected chi connectivity index (χ4v) is 4.27. The molecule has 3 aliphatic rings. The van der Waals surface area contributed by atoms with Crippen molar-refractivity contribution in [2.75, 3.05) is 32.8 Å². The quantitative estimate of drug-likeness (QED) is 0.806. The standard InChI is InChI=1S/C19H21ClFN3O4/c20-16-6-12(21)1-2-15(16)18(26)22-13-8-24(9-13)19(27)23-4-3-17-11(7-23)5-14(25)10-28-17/h1-2,6,11,13,17H,3-5,7-10H2,(H,22,26)/t11-,17+/m1/s1. The minimum atomic E-state index is -0.504. The molecule has 0 spiro atoms. The number of ketones is 1. The molecule has 1 aromatic rings. The highest BCUT2D eigenvalue weighted by Gasteiger charge is 2.40. The van der Waals surface area contributed by atoms with Crippen LogP contribution in [0.2, 0.25) is 5.02 Å². The summed E-state index contributed by atoms with van der Waals surface area (Å²) in [5.41, 5.74) is 0.205. The lowest BCUT2D eigenvalue weighted by Gasteiger charge is -2.46. The van der Waals surface area contributed by atoms with Gasteiger partial charge in [-0.2, -0.15) is 0 Å². The molecule has 1 N–H and O–H groups in total. The number of carbonyl (C=O) groups excluding carboxylic acids is 3. The molecule has 4 rings (SSSR count). The lowest BCUT2D eigenvalue weighted by atomic mass is 9.88. The summed E-state index contributed by atoms with van der Waals surface area (Å²) >= 11 is 5.91. The highest BCUT2D eigenvalue weighted by Crippen LogP contribution is 2.28. The largest absolute Gasteiger partial charge is 0.370 e. The van der Waals surface area contributed by atoms with E-state index in [1.54, 1.807) is 9.80 Å². The van der Waals surface area contributed by atoms with Crippen LogP contribution in [0.4, 0.5) is 9.18 Å². The molecule has 150 valence electrons. The van der Waals surface area contributed by atoms with Crippen molar-refractivity contribution in [3.8, 4) is 0 Å². The number of rotatable bonds is 2. The highest BCUT2D eigenvalue weighted by atomic mass is 35.5. The zero-order valence-electron chi connectivity index (χ0n) is 15.2. The van der Waals surface area contributed by atoms with Crippen LogP contribution in [-0.2, 0) is 9.53 Å². The minimum Gasteiger partial charge on any atom is -0.370 e. The van der Waals surface area contributed by atoms with Crippen molar-refractivity contribution in [3.63, 3.8) is 0 Å². The molecule has 28 heavy (non-hydrogen) atoms. The van der Waals surface area contributed by atoms with Crippen LogP contribution in [0.3, 0.4) is 0 Å². The first-order valence-electron chi connectivity index (χ1n) is 9.34. The Labute approximate surface area is 166 Å². The van der Waals surface area contributed by atoms with Gasteiger partial charge < -0.3 is 19.9 Å². The molecule has 3 saturated heterocycles. The van der Waals surface area contributed by atoms with Crippen LogP contribution in [-0.4, -0.2) is 72.5 Å². The third-order valence-electron chi connectivity index (χ3n) is 5.55. The predicted octanol–water partition coefficient (Wildman–Crippen LogP) is 1.69. The van der Waals surface area contributed by atoms with E-state index < -0.39 is 5.82 Å². The van der Waals surface area contributed by atoms with E-state index in [9.17, 15) is 18.8 Å². The van der Waals surface area contributed by atoms with E-state index >= 15 is 0 Å². The molecule has 3 fully saturated rings. The number of piperidine rings is 1. The number of fused-ring (bicyclic) bond motifs is 1. The number of nitrogens with zero attached hydrogens (tertiary/aromatic N) is 2. The molecule has 0 saturated carbocycles. The fraction of sp³-hybridized carbons (Fsp3) is 0.526. The molecule has 0 unspecified atom stereocenters. The van der Waals surface area contributed by atoms with Crippen molar-refractivity contribution >= 4 is 29.3 Å². The Morgan fingerprint density at radius 3 is 2.75 bits per heavy atom. The van der Waals surface area contributed by atoms with Gasteiger partial charge in [-0.3, -0.25) is 9.59 Å². The van der Waals surface area contributed by atoms with Crippen molar-refractivity contribution < 1.29 is 23.5 Å². The number of benzene rings is 1. The third kappa shape index (κ3) is 3.84. The van der Waals surface area contributed by atoms with E-state index in [0.29, 0.717) is 32.6 Å². The minimum absolute atomic E-state index is 0.0527. The van der Waals surface area contributed by atoms with Gasteiger partial charge in [-0.25, -0.2) is 9.18 Å². The summed E-state index contributed by atoms with van der Waals surface area (Å²) < 4.78 is 18.7. The van der Waals surface area contributed by atoms with Crippen LogP contribution in [0.5, 0.6) is 0 Å². The number of amides is 3. The summed E-state index contributed by atoms with van der Waals surface area (Å²) in [4.78, 5) is 40.0. The van der Waals surface area contributed by atoms with Crippen LogP contribution >= 0.6 is 11.6 Å². The molecule has 1 aromatic carbocycles. The molecule has 3 amide bonds. The molecular formula is C19H21ClFN3O4. The fourth-order valence-electron chi connectivity index (χ4n) is 4.01. The van der Waals surface area contributed by atoms with Gasteiger partial charge in [0.15, 0.2) is 5.78 Å². The average molecular weight is 410 g/mol. The van der Waals surface area contributed by atoms with Gasteiger partial charge in [-0.15, -0.1) is 0 Å². The molecule has 3 aliphatic heterocycles. The van der Waals surface area contributed by atoms with E-state index in [4.69, 9.17) is 16.3 Å². The number of Topliss-reactive ketones (excluding diaryl/α,β-unsaturated/α-hetero) is 1. The maximum Gasteiger partial charge on any atom is 0.320 e. The van der Waals surface area contributed by atoms with Crippen LogP contribution in [0, 0.1) is 11.7 Å². The smallest absolute Gasteiger partial charge is 0.320 e. The molecular weight excluding hydrogens is 389 g/mol. The number of nitrogens with one attached hydrogen (secondary N) is 1. The Balaban J connectivity index is 1.27. The van der Waals surface area contributed by atoms with Crippen molar-refractivity contribution in [1.29, 1.82) is 0 Å². The van der Waals surface area contributed by atoms with E-state index in [1.165, 1.54) is 12.1 Å². The summed E-state index contributed by atoms with van der Waals surface area (Å²) in [6, 6.07) is 3.36. The second kappa shape index (κ2) is 7.67. The van der Waals surface area contributed by atoms with E-state index in [-0.39, 0.29) is 53.0 Å². The summed E-state index contributed by atoms with van der Waals surface area (Å²) in [7, 11) is 0. The second-order valence-corrected chi connectivity index (χ2v) is 7.98. The van der Waals surface area contributed by atoms with Gasteiger partial charge >= 0.3 is 6.03 Å². The average Bonchev–Trinajstić information content (AvgIpc) is 2.63. The van der Waals surface area contributed by atoms with E-state index in [0.717, 1.165) is 12.5 Å². The Kier molecular flexibility index (Phi) is 5.25. The van der Waals surface area contributed by atoms with Crippen molar-refractivity contribution in [1.82, 2.24) is 15.1 Å². The van der Waals surface area contributed by atoms with Gasteiger partial charge in [0.2, 0.25) is 0 Å². The maximum atomic E-state index is 13.1. The molecule has 0 aromatic heterocycles.